The van der Waals surface area contributed by atoms with Crippen LogP contribution in [0.3, 0.4) is 0 Å². The van der Waals surface area contributed by atoms with E-state index in [0.29, 0.717) is 45.9 Å². The van der Waals surface area contributed by atoms with Crippen molar-refractivity contribution >= 4 is 125 Å². The highest BCUT2D eigenvalue weighted by Crippen LogP contribution is 2.52. The first-order chi connectivity index (χ1) is 35.5. The third kappa shape index (κ3) is 5.99. The second kappa shape index (κ2) is 14.7. The van der Waals surface area contributed by atoms with Crippen molar-refractivity contribution < 1.29 is 0 Å². The molecule has 0 spiro atoms. The van der Waals surface area contributed by atoms with Crippen molar-refractivity contribution in [3.8, 4) is 45.6 Å². The van der Waals surface area contributed by atoms with Gasteiger partial charge >= 0.3 is 0 Å². The number of para-hydroxylation sites is 3. The topological polar surface area (TPSA) is 145 Å². The monoisotopic (exact) mass is 997 g/mol. The molecule has 338 valence electrons. The molecule has 8 bridgehead atoms. The molecule has 0 unspecified atom stereocenters. The van der Waals surface area contributed by atoms with E-state index in [1.807, 2.05) is 0 Å². The van der Waals surface area contributed by atoms with Gasteiger partial charge in [-0.05, 0) is 109 Å². The van der Waals surface area contributed by atoms with Crippen LogP contribution in [0.25, 0.3) is 89.7 Å². The molecule has 11 aromatic rings. The van der Waals surface area contributed by atoms with Crippen molar-refractivity contribution in [2.24, 2.45) is 0 Å². The molecule has 3 aromatic heterocycles. The number of hydrogen-bond acceptors (Lipinski definition) is 13. The number of H-pyrrole nitrogens is 2. The highest BCUT2D eigenvalue weighted by Gasteiger charge is 2.29. The number of nitrogens with one attached hydrogen (secondary N) is 5. The molecule has 15 heteroatoms. The molecule has 0 aliphatic carbocycles. The van der Waals surface area contributed by atoms with Gasteiger partial charge in [0.2, 0.25) is 0 Å². The van der Waals surface area contributed by atoms with Crippen LogP contribution < -0.4 is 16.0 Å². The van der Waals surface area contributed by atoms with Crippen LogP contribution in [0, 0.1) is 0 Å². The van der Waals surface area contributed by atoms with Gasteiger partial charge in [-0.1, -0.05) is 102 Å². The first kappa shape index (κ1) is 39.6. The smallest absolute Gasteiger partial charge is 0.164 e. The highest BCUT2D eigenvalue weighted by molar-refractivity contribution is 8.00. The van der Waals surface area contributed by atoms with E-state index in [4.69, 9.17) is 29.9 Å². The maximum absolute atomic E-state index is 5.50. The Morgan fingerprint density at radius 3 is 1.18 bits per heavy atom. The number of fused-ring (bicyclic) bond motifs is 28. The number of anilines is 6. The van der Waals surface area contributed by atoms with Crippen LogP contribution >= 0.6 is 47.0 Å². The Bertz CT molecular complexity index is 3950. The molecule has 0 saturated heterocycles. The number of aromatic amines is 2. The average Bonchev–Trinajstić information content (AvgIpc) is 4.12. The van der Waals surface area contributed by atoms with Crippen LogP contribution in [-0.2, 0) is 6.42 Å². The minimum Gasteiger partial charge on any atom is -0.354 e. The maximum Gasteiger partial charge on any atom is 0.164 e. The van der Waals surface area contributed by atoms with Gasteiger partial charge in [-0.3, -0.25) is 0 Å². The molecule has 8 aromatic carbocycles. The minimum atomic E-state index is 0.545. The summed E-state index contributed by atoms with van der Waals surface area (Å²) in [6.07, 6.45) is 0.815. The number of aromatic nitrogens is 8. The van der Waals surface area contributed by atoms with Gasteiger partial charge < -0.3 is 25.9 Å². The molecule has 5 N–H and O–H groups in total. The van der Waals surface area contributed by atoms with Crippen LogP contribution in [0.4, 0.5) is 34.1 Å². The van der Waals surface area contributed by atoms with Crippen LogP contribution in [-0.4, -0.2) is 39.9 Å². The summed E-state index contributed by atoms with van der Waals surface area (Å²) in [6, 6.07) is 51.6. The number of rotatable bonds is 0. The van der Waals surface area contributed by atoms with E-state index in [1.165, 1.54) is 20.9 Å². The molecule has 6 aliphatic heterocycles. The summed E-state index contributed by atoms with van der Waals surface area (Å²) in [5.41, 5.74) is 14.9. The Hall–Kier alpha value is -8.08. The summed E-state index contributed by atoms with van der Waals surface area (Å²) in [5, 5.41) is 14.8. The molecule has 9 heterocycles. The van der Waals surface area contributed by atoms with Gasteiger partial charge in [-0.2, -0.15) is 0 Å². The zero-order chi connectivity index (χ0) is 46.8. The van der Waals surface area contributed by atoms with Crippen LogP contribution in [0.5, 0.6) is 0 Å². The van der Waals surface area contributed by atoms with E-state index in [0.717, 1.165) is 114 Å². The largest absolute Gasteiger partial charge is 0.354 e. The molecule has 0 atom stereocenters. The van der Waals surface area contributed by atoms with Crippen LogP contribution in [0.1, 0.15) is 11.1 Å². The summed E-state index contributed by atoms with van der Waals surface area (Å²) in [4.78, 5) is 49.3. The predicted molar refractivity (Wildman–Crippen MR) is 291 cm³/mol. The molecule has 0 radical (unpaired) electrons. The lowest BCUT2D eigenvalue weighted by atomic mass is 9.99. The minimum absolute atomic E-state index is 0.545. The Morgan fingerprint density at radius 1 is 0.292 bits per heavy atom. The van der Waals surface area contributed by atoms with E-state index >= 15 is 0 Å². The lowest BCUT2D eigenvalue weighted by Crippen LogP contribution is -2.00. The second-order valence-corrected chi connectivity index (χ2v) is 22.7. The number of nitrogens with zero attached hydrogens (tertiary/aromatic N) is 6. The molecule has 72 heavy (non-hydrogen) atoms. The Morgan fingerprint density at radius 2 is 0.667 bits per heavy atom. The molecular weight excluding hydrogens is 967 g/mol. The standard InChI is InChI=1S/C57H31N11S4/c1-5-13-42-26(9-1)17-27-18-28-32(22-46(27)69-42)54-61-50(28)62-55-33-23-47-39(58-36-10-2-6-14-43(36)70-47)19-29(33)52(64-55)66-57-35-25-49-41(60-38-12-4-8-16-45(38)72-49)21-31(35)53(68-57)67-56-34-24-48-40(20-30(34)51(63-54)65-56)59-37-11-3-7-15-44(37)71-48/h1-16,18-25,58-60H,17H2,(H2,61,62,63,64,65,66,67,68). The predicted octanol–water partition coefficient (Wildman–Crippen LogP) is 15.5. The number of benzene rings is 8. The first-order valence-electron chi connectivity index (χ1n) is 23.5. The summed E-state index contributed by atoms with van der Waals surface area (Å²) in [6.45, 7) is 0. The summed E-state index contributed by atoms with van der Waals surface area (Å²) < 4.78 is 0. The molecular formula is C57H31N11S4. The average molecular weight is 998 g/mol. The third-order valence-corrected chi connectivity index (χ3v) is 18.6. The van der Waals surface area contributed by atoms with Gasteiger partial charge in [-0.15, -0.1) is 0 Å². The Labute approximate surface area is 426 Å². The fourth-order valence-electron chi connectivity index (χ4n) is 10.6. The van der Waals surface area contributed by atoms with Crippen molar-refractivity contribution in [1.82, 2.24) is 39.9 Å². The van der Waals surface area contributed by atoms with E-state index in [2.05, 4.69) is 172 Å². The van der Waals surface area contributed by atoms with E-state index < -0.39 is 0 Å². The second-order valence-electron chi connectivity index (χ2n) is 18.4. The molecule has 11 nitrogen and oxygen atoms in total. The van der Waals surface area contributed by atoms with E-state index in [9.17, 15) is 0 Å². The van der Waals surface area contributed by atoms with Crippen molar-refractivity contribution in [2.75, 3.05) is 16.0 Å². The zero-order valence-electron chi connectivity index (χ0n) is 37.4. The SMILES string of the molecule is c1ccc2c(c1)Cc1cc3c(cc1S2)-c1nc-3nc2[nH]c(nc3nc(nc4[nH]c(n1)c1cc5c(cc41)Sc1ccccc1N5)-c1cc4c(cc1-3)Sc1ccccc1N4)c1cc3c(cc21)Sc1ccccc1N3. The molecule has 0 amide bonds. The normalized spacial score (nSPS) is 13.9. The molecule has 0 saturated carbocycles. The van der Waals surface area contributed by atoms with Crippen molar-refractivity contribution in [1.29, 1.82) is 0 Å². The van der Waals surface area contributed by atoms with E-state index in [-0.39, 0.29) is 0 Å². The van der Waals surface area contributed by atoms with Crippen molar-refractivity contribution in [2.45, 2.75) is 45.6 Å². The number of hydrogen-bond donors (Lipinski definition) is 5. The molecule has 0 fully saturated rings. The molecule has 17 rings (SSSR count). The first-order valence-corrected chi connectivity index (χ1v) is 26.7. The Balaban J connectivity index is 0.974. The summed E-state index contributed by atoms with van der Waals surface area (Å²) >= 11 is 7.03. The fourth-order valence-corrected chi connectivity index (χ4v) is 14.7. The van der Waals surface area contributed by atoms with Gasteiger partial charge in [0.25, 0.3) is 0 Å². The van der Waals surface area contributed by atoms with Gasteiger partial charge in [0.1, 0.15) is 22.6 Å². The van der Waals surface area contributed by atoms with Crippen molar-refractivity contribution in [3.05, 3.63) is 157 Å². The van der Waals surface area contributed by atoms with Crippen molar-refractivity contribution in [3.63, 3.8) is 0 Å². The summed E-state index contributed by atoms with van der Waals surface area (Å²) in [5.74, 6) is 2.25. The molecule has 6 aliphatic rings. The van der Waals surface area contributed by atoms with Gasteiger partial charge in [0.05, 0.1) is 34.1 Å². The lowest BCUT2D eigenvalue weighted by molar-refractivity contribution is 1.06. The fraction of sp³-hybridized carbons (Fsp3) is 0.0175. The Kier molecular flexibility index (Phi) is 8.11. The van der Waals surface area contributed by atoms with E-state index in [1.54, 1.807) is 47.0 Å². The quantitative estimate of drug-likeness (QED) is 0.0984. The summed E-state index contributed by atoms with van der Waals surface area (Å²) in [7, 11) is 0. The highest BCUT2D eigenvalue weighted by atomic mass is 32.2. The lowest BCUT2D eigenvalue weighted by Gasteiger charge is -2.21. The van der Waals surface area contributed by atoms with Gasteiger partial charge in [0, 0.05) is 83.0 Å². The van der Waals surface area contributed by atoms with Gasteiger partial charge in [0.15, 0.2) is 23.3 Å². The van der Waals surface area contributed by atoms with Gasteiger partial charge in [-0.25, -0.2) is 29.9 Å². The van der Waals surface area contributed by atoms with Crippen LogP contribution in [0.15, 0.2) is 185 Å². The maximum atomic E-state index is 5.50. The van der Waals surface area contributed by atoms with Crippen LogP contribution in [0.2, 0.25) is 0 Å². The zero-order valence-corrected chi connectivity index (χ0v) is 40.6. The third-order valence-electron chi connectivity index (χ3n) is 14.0.